The van der Waals surface area contributed by atoms with Crippen LogP contribution in [0.3, 0.4) is 0 Å². The Morgan fingerprint density at radius 1 is 1.03 bits per heavy atom. The van der Waals surface area contributed by atoms with Crippen LogP contribution in [0.15, 0.2) is 76.8 Å². The molecule has 0 aliphatic heterocycles. The highest BCUT2D eigenvalue weighted by Gasteiger charge is 2.20. The Bertz CT molecular complexity index is 1300. The summed E-state index contributed by atoms with van der Waals surface area (Å²) in [6, 6.07) is 19.6. The van der Waals surface area contributed by atoms with Gasteiger partial charge in [-0.2, -0.15) is 5.10 Å². The predicted octanol–water partition coefficient (Wildman–Crippen LogP) is 6.47. The number of aromatic nitrogens is 3. The number of benzene rings is 2. The molecule has 2 amide bonds. The molecular formula is C27H29N5O2S2. The number of pyridine rings is 1. The summed E-state index contributed by atoms with van der Waals surface area (Å²) in [5, 5.41) is 11.1. The number of aromatic amines is 1. The lowest BCUT2D eigenvalue weighted by molar-refractivity contribution is 0.206. The molecule has 4 rings (SSSR count). The lowest BCUT2D eigenvalue weighted by Crippen LogP contribution is -2.34. The van der Waals surface area contributed by atoms with E-state index in [9.17, 15) is 4.79 Å². The summed E-state index contributed by atoms with van der Waals surface area (Å²) < 4.78 is 5.40. The number of methoxy groups -OCH3 is 1. The smallest absolute Gasteiger partial charge is 0.322 e. The van der Waals surface area contributed by atoms with E-state index in [0.29, 0.717) is 13.1 Å². The van der Waals surface area contributed by atoms with E-state index in [-0.39, 0.29) is 6.03 Å². The first-order chi connectivity index (χ1) is 17.5. The van der Waals surface area contributed by atoms with Crippen molar-refractivity contribution in [2.45, 2.75) is 29.9 Å². The Morgan fingerprint density at radius 2 is 1.78 bits per heavy atom. The van der Waals surface area contributed by atoms with Crippen LogP contribution < -0.4 is 10.1 Å². The van der Waals surface area contributed by atoms with Gasteiger partial charge in [0.25, 0.3) is 0 Å². The molecule has 0 unspecified atom stereocenters. The zero-order valence-corrected chi connectivity index (χ0v) is 22.4. The first-order valence-corrected chi connectivity index (χ1v) is 13.8. The van der Waals surface area contributed by atoms with Crippen LogP contribution in [0.2, 0.25) is 0 Å². The Kier molecular flexibility index (Phi) is 8.56. The van der Waals surface area contributed by atoms with Gasteiger partial charge in [-0.15, -0.1) is 23.5 Å². The number of amides is 2. The maximum absolute atomic E-state index is 13.7. The number of anilines is 1. The second-order valence-electron chi connectivity index (χ2n) is 8.15. The summed E-state index contributed by atoms with van der Waals surface area (Å²) in [5.41, 5.74) is 5.50. The van der Waals surface area contributed by atoms with E-state index in [4.69, 9.17) is 4.74 Å². The number of nitrogens with zero attached hydrogens (tertiary/aromatic N) is 3. The third kappa shape index (κ3) is 6.22. The second-order valence-corrected chi connectivity index (χ2v) is 9.79. The molecule has 186 valence electrons. The van der Waals surface area contributed by atoms with Crippen molar-refractivity contribution in [1.29, 1.82) is 0 Å². The molecule has 2 aromatic heterocycles. The molecule has 2 heterocycles. The van der Waals surface area contributed by atoms with Crippen molar-refractivity contribution in [3.63, 3.8) is 0 Å². The van der Waals surface area contributed by atoms with Gasteiger partial charge in [0.2, 0.25) is 0 Å². The zero-order valence-electron chi connectivity index (χ0n) is 20.7. The van der Waals surface area contributed by atoms with Crippen LogP contribution in [0.5, 0.6) is 5.75 Å². The standard InChI is InChI=1S/C27H29N5O2S2/c1-18-13-24(35-3)25(26(29-18)36-4)30-27(33)32(17-20-8-6-10-22(15-20)34-2)16-19-7-5-9-21(14-19)23-11-12-28-31-23/h5-15H,16-17H2,1-4H3,(H,28,31)(H,30,33). The van der Waals surface area contributed by atoms with Gasteiger partial charge in [-0.25, -0.2) is 9.78 Å². The lowest BCUT2D eigenvalue weighted by atomic mass is 10.1. The van der Waals surface area contributed by atoms with Crippen molar-refractivity contribution < 1.29 is 9.53 Å². The first kappa shape index (κ1) is 25.7. The number of hydrogen-bond acceptors (Lipinski definition) is 6. The molecule has 0 saturated carbocycles. The first-order valence-electron chi connectivity index (χ1n) is 11.4. The van der Waals surface area contributed by atoms with Crippen molar-refractivity contribution in [3.05, 3.63) is 83.7 Å². The highest BCUT2D eigenvalue weighted by atomic mass is 32.2. The number of urea groups is 1. The van der Waals surface area contributed by atoms with E-state index in [1.807, 2.05) is 74.0 Å². The monoisotopic (exact) mass is 519 g/mol. The van der Waals surface area contributed by atoms with Gasteiger partial charge in [0.05, 0.1) is 18.5 Å². The number of H-pyrrole nitrogens is 1. The quantitative estimate of drug-likeness (QED) is 0.247. The number of aryl methyl sites for hydroxylation is 1. The van der Waals surface area contributed by atoms with E-state index in [0.717, 1.165) is 49.4 Å². The van der Waals surface area contributed by atoms with E-state index in [1.165, 1.54) is 11.8 Å². The molecule has 2 N–H and O–H groups in total. The topological polar surface area (TPSA) is 83.1 Å². The summed E-state index contributed by atoms with van der Waals surface area (Å²) in [4.78, 5) is 21.2. The summed E-state index contributed by atoms with van der Waals surface area (Å²) in [6.07, 6.45) is 5.77. The summed E-state index contributed by atoms with van der Waals surface area (Å²) in [6.45, 7) is 2.80. The highest BCUT2D eigenvalue weighted by Crippen LogP contribution is 2.34. The van der Waals surface area contributed by atoms with Gasteiger partial charge >= 0.3 is 6.03 Å². The van der Waals surface area contributed by atoms with Crippen LogP contribution in [0.25, 0.3) is 11.3 Å². The minimum atomic E-state index is -0.195. The molecule has 0 saturated heterocycles. The largest absolute Gasteiger partial charge is 0.497 e. The molecule has 0 atom stereocenters. The fraction of sp³-hybridized carbons (Fsp3) is 0.222. The van der Waals surface area contributed by atoms with Gasteiger partial charge in [0.15, 0.2) is 0 Å². The molecule has 0 radical (unpaired) electrons. The SMILES string of the molecule is COc1cccc(CN(Cc2cccc(-c3cc[nH]n3)c2)C(=O)Nc2c(SC)cc(C)nc2SC)c1. The van der Waals surface area contributed by atoms with Crippen LogP contribution in [0, 0.1) is 6.92 Å². The number of rotatable bonds is 9. The average Bonchev–Trinajstić information content (AvgIpc) is 3.44. The minimum absolute atomic E-state index is 0.195. The van der Waals surface area contributed by atoms with Crippen molar-refractivity contribution in [2.75, 3.05) is 24.9 Å². The number of thioether (sulfide) groups is 2. The van der Waals surface area contributed by atoms with Crippen LogP contribution in [0.1, 0.15) is 16.8 Å². The van der Waals surface area contributed by atoms with Crippen LogP contribution in [0.4, 0.5) is 10.5 Å². The molecule has 0 fully saturated rings. The van der Waals surface area contributed by atoms with Gasteiger partial charge in [-0.1, -0.05) is 30.3 Å². The van der Waals surface area contributed by atoms with Crippen molar-refractivity contribution in [2.24, 2.45) is 0 Å². The summed E-state index contributed by atoms with van der Waals surface area (Å²) in [7, 11) is 1.64. The highest BCUT2D eigenvalue weighted by molar-refractivity contribution is 7.99. The Balaban J connectivity index is 1.65. The third-order valence-electron chi connectivity index (χ3n) is 5.62. The number of ether oxygens (including phenoxy) is 1. The van der Waals surface area contributed by atoms with Gasteiger partial charge in [-0.3, -0.25) is 5.10 Å². The molecule has 36 heavy (non-hydrogen) atoms. The van der Waals surface area contributed by atoms with Crippen molar-refractivity contribution in [3.8, 4) is 17.0 Å². The number of carbonyl (C=O) groups is 1. The molecule has 9 heteroatoms. The molecule has 0 aliphatic carbocycles. The van der Waals surface area contributed by atoms with E-state index >= 15 is 0 Å². The van der Waals surface area contributed by atoms with Crippen LogP contribution in [-0.4, -0.2) is 45.7 Å². The van der Waals surface area contributed by atoms with Gasteiger partial charge in [0, 0.05) is 35.4 Å². The molecular weight excluding hydrogens is 490 g/mol. The fourth-order valence-corrected chi connectivity index (χ4v) is 5.19. The number of nitrogens with one attached hydrogen (secondary N) is 2. The van der Waals surface area contributed by atoms with Gasteiger partial charge in [0.1, 0.15) is 10.8 Å². The fourth-order valence-electron chi connectivity index (χ4n) is 3.89. The average molecular weight is 520 g/mol. The van der Waals surface area contributed by atoms with Gasteiger partial charge < -0.3 is 15.0 Å². The molecule has 2 aromatic carbocycles. The predicted molar refractivity (Wildman–Crippen MR) is 148 cm³/mol. The Morgan fingerprint density at radius 3 is 2.44 bits per heavy atom. The third-order valence-corrected chi connectivity index (χ3v) is 7.06. The normalized spacial score (nSPS) is 10.8. The lowest BCUT2D eigenvalue weighted by Gasteiger charge is -2.25. The minimum Gasteiger partial charge on any atom is -0.497 e. The molecule has 4 aromatic rings. The van der Waals surface area contributed by atoms with E-state index < -0.39 is 0 Å². The maximum Gasteiger partial charge on any atom is 0.322 e. The van der Waals surface area contributed by atoms with Crippen molar-refractivity contribution in [1.82, 2.24) is 20.1 Å². The second kappa shape index (κ2) is 12.0. The Hall–Kier alpha value is -3.43. The Labute approximate surface area is 220 Å². The summed E-state index contributed by atoms with van der Waals surface area (Å²) in [5.74, 6) is 0.755. The number of carbonyl (C=O) groups excluding carboxylic acids is 1. The van der Waals surface area contributed by atoms with E-state index in [1.54, 1.807) is 30.0 Å². The van der Waals surface area contributed by atoms with Crippen LogP contribution in [-0.2, 0) is 13.1 Å². The van der Waals surface area contributed by atoms with Crippen molar-refractivity contribution >= 4 is 35.2 Å². The molecule has 0 spiro atoms. The molecule has 0 aliphatic rings. The van der Waals surface area contributed by atoms with Gasteiger partial charge in [-0.05, 0) is 60.9 Å². The zero-order chi connectivity index (χ0) is 25.5. The molecule has 7 nitrogen and oxygen atoms in total. The summed E-state index contributed by atoms with van der Waals surface area (Å²) >= 11 is 3.12. The number of hydrogen-bond donors (Lipinski definition) is 2. The maximum atomic E-state index is 13.7. The van der Waals surface area contributed by atoms with Crippen LogP contribution >= 0.6 is 23.5 Å². The van der Waals surface area contributed by atoms with E-state index in [2.05, 4.69) is 26.6 Å². The molecule has 0 bridgehead atoms.